The second-order valence-corrected chi connectivity index (χ2v) is 8.06. The molecular weight excluding hydrogens is 426 g/mol. The van der Waals surface area contributed by atoms with Crippen molar-refractivity contribution in [2.45, 2.75) is 24.9 Å². The number of carbonyl (C=O) groups excluding carboxylic acids is 2. The van der Waals surface area contributed by atoms with Crippen LogP contribution in [0.5, 0.6) is 5.75 Å². The molecule has 0 bridgehead atoms. The van der Waals surface area contributed by atoms with Crippen LogP contribution in [-0.4, -0.2) is 25.0 Å². The second-order valence-electron chi connectivity index (χ2n) is 7.66. The topological polar surface area (TPSA) is 79.5 Å². The van der Waals surface area contributed by atoms with Gasteiger partial charge in [-0.1, -0.05) is 48.0 Å². The monoisotopic (exact) mass is 449 g/mol. The summed E-state index contributed by atoms with van der Waals surface area (Å²) in [6.07, 6.45) is 2.05. The standard InChI is InChI=1S/C25H24ClN3O3/c1-32-22-13-12-20(15-21(22)26)29-25(31)23(16-6-3-2-4-7-16)27-19-9-5-8-17(14-19)24(30)28-18-10-11-18/h2-9,12-15,18,23,27H,10-11H2,1H3,(H,28,30)(H,29,31)/t23-/m1/s1. The minimum Gasteiger partial charge on any atom is -0.495 e. The van der Waals surface area contributed by atoms with Crippen molar-refractivity contribution >= 4 is 34.8 Å². The molecule has 0 radical (unpaired) electrons. The minimum atomic E-state index is -0.682. The maximum absolute atomic E-state index is 13.2. The number of rotatable bonds is 8. The summed E-state index contributed by atoms with van der Waals surface area (Å²) in [5.74, 6) is 0.165. The lowest BCUT2D eigenvalue weighted by Gasteiger charge is -2.21. The Kier molecular flexibility index (Phi) is 6.61. The minimum absolute atomic E-state index is 0.107. The van der Waals surface area contributed by atoms with Gasteiger partial charge in [-0.3, -0.25) is 9.59 Å². The Labute approximate surface area is 191 Å². The highest BCUT2D eigenvalue weighted by molar-refractivity contribution is 6.32. The van der Waals surface area contributed by atoms with Crippen molar-refractivity contribution in [1.29, 1.82) is 0 Å². The van der Waals surface area contributed by atoms with E-state index in [1.54, 1.807) is 36.4 Å². The predicted octanol–water partition coefficient (Wildman–Crippen LogP) is 5.03. The van der Waals surface area contributed by atoms with E-state index in [2.05, 4.69) is 16.0 Å². The van der Waals surface area contributed by atoms with Crippen LogP contribution in [-0.2, 0) is 4.79 Å². The summed E-state index contributed by atoms with van der Waals surface area (Å²) in [7, 11) is 1.54. The summed E-state index contributed by atoms with van der Waals surface area (Å²) in [5.41, 5.74) is 2.57. The van der Waals surface area contributed by atoms with Crippen LogP contribution in [0.3, 0.4) is 0 Å². The molecule has 3 N–H and O–H groups in total. The molecular formula is C25H24ClN3O3. The summed E-state index contributed by atoms with van der Waals surface area (Å²) in [6, 6.07) is 21.2. The summed E-state index contributed by atoms with van der Waals surface area (Å²) in [4.78, 5) is 25.6. The molecule has 32 heavy (non-hydrogen) atoms. The third kappa shape index (κ3) is 5.39. The molecule has 0 spiro atoms. The van der Waals surface area contributed by atoms with Crippen molar-refractivity contribution in [3.63, 3.8) is 0 Å². The van der Waals surface area contributed by atoms with Gasteiger partial charge in [0.1, 0.15) is 11.8 Å². The number of ether oxygens (including phenoxy) is 1. The fourth-order valence-corrected chi connectivity index (χ4v) is 3.58. The Balaban J connectivity index is 1.55. The molecule has 3 aromatic carbocycles. The van der Waals surface area contributed by atoms with Gasteiger partial charge in [0.15, 0.2) is 0 Å². The predicted molar refractivity (Wildman–Crippen MR) is 126 cm³/mol. The zero-order chi connectivity index (χ0) is 22.5. The van der Waals surface area contributed by atoms with Gasteiger partial charge in [-0.2, -0.15) is 0 Å². The van der Waals surface area contributed by atoms with Crippen molar-refractivity contribution in [3.05, 3.63) is 88.9 Å². The highest BCUT2D eigenvalue weighted by atomic mass is 35.5. The van der Waals surface area contributed by atoms with Gasteiger partial charge in [-0.05, 0) is 54.8 Å². The number of benzene rings is 3. The summed E-state index contributed by atoms with van der Waals surface area (Å²) in [5, 5.41) is 9.56. The van der Waals surface area contributed by atoms with Crippen molar-refractivity contribution in [2.24, 2.45) is 0 Å². The molecule has 1 aliphatic rings. The fourth-order valence-electron chi connectivity index (χ4n) is 3.32. The quantitative estimate of drug-likeness (QED) is 0.450. The average molecular weight is 450 g/mol. The highest BCUT2D eigenvalue weighted by Crippen LogP contribution is 2.29. The van der Waals surface area contributed by atoms with Crippen molar-refractivity contribution in [2.75, 3.05) is 17.7 Å². The first-order valence-electron chi connectivity index (χ1n) is 10.4. The van der Waals surface area contributed by atoms with Gasteiger partial charge in [0, 0.05) is 23.0 Å². The lowest BCUT2D eigenvalue weighted by molar-refractivity contribution is -0.117. The number of hydrogen-bond donors (Lipinski definition) is 3. The van der Waals surface area contributed by atoms with E-state index in [1.165, 1.54) is 7.11 Å². The fraction of sp³-hybridized carbons (Fsp3) is 0.200. The van der Waals surface area contributed by atoms with E-state index in [0.29, 0.717) is 27.7 Å². The maximum Gasteiger partial charge on any atom is 0.251 e. The lowest BCUT2D eigenvalue weighted by atomic mass is 10.0. The number of amides is 2. The summed E-state index contributed by atoms with van der Waals surface area (Å²) in [6.45, 7) is 0. The Morgan fingerprint density at radius 2 is 1.75 bits per heavy atom. The number of nitrogens with one attached hydrogen (secondary N) is 3. The van der Waals surface area contributed by atoms with Crippen LogP contribution in [0.15, 0.2) is 72.8 Å². The zero-order valence-electron chi connectivity index (χ0n) is 17.6. The molecule has 1 aliphatic carbocycles. The molecule has 0 unspecified atom stereocenters. The smallest absolute Gasteiger partial charge is 0.251 e. The van der Waals surface area contributed by atoms with E-state index < -0.39 is 6.04 Å². The molecule has 0 aromatic heterocycles. The number of anilines is 2. The van der Waals surface area contributed by atoms with E-state index in [9.17, 15) is 9.59 Å². The van der Waals surface area contributed by atoms with E-state index in [-0.39, 0.29) is 17.9 Å². The van der Waals surface area contributed by atoms with Crippen molar-refractivity contribution in [1.82, 2.24) is 5.32 Å². The van der Waals surface area contributed by atoms with E-state index in [1.807, 2.05) is 36.4 Å². The van der Waals surface area contributed by atoms with Crippen LogP contribution in [0, 0.1) is 0 Å². The van der Waals surface area contributed by atoms with Gasteiger partial charge in [0.25, 0.3) is 11.8 Å². The molecule has 1 atom stereocenters. The van der Waals surface area contributed by atoms with E-state index >= 15 is 0 Å². The third-order valence-electron chi connectivity index (χ3n) is 5.16. The molecule has 0 aliphatic heterocycles. The van der Waals surface area contributed by atoms with Gasteiger partial charge < -0.3 is 20.7 Å². The van der Waals surface area contributed by atoms with Crippen LogP contribution < -0.4 is 20.7 Å². The van der Waals surface area contributed by atoms with Gasteiger partial charge in [-0.25, -0.2) is 0 Å². The van der Waals surface area contributed by atoms with E-state index in [4.69, 9.17) is 16.3 Å². The van der Waals surface area contributed by atoms with Gasteiger partial charge >= 0.3 is 0 Å². The Morgan fingerprint density at radius 1 is 0.969 bits per heavy atom. The molecule has 3 aromatic rings. The van der Waals surface area contributed by atoms with Crippen LogP contribution in [0.4, 0.5) is 11.4 Å². The number of halogens is 1. The van der Waals surface area contributed by atoms with Crippen molar-refractivity contribution in [3.8, 4) is 5.75 Å². The first kappa shape index (κ1) is 21.7. The SMILES string of the molecule is COc1ccc(NC(=O)[C@H](Nc2cccc(C(=O)NC3CC3)c2)c2ccccc2)cc1Cl. The number of hydrogen-bond acceptors (Lipinski definition) is 4. The molecule has 2 amide bonds. The second kappa shape index (κ2) is 9.75. The molecule has 4 rings (SSSR count). The summed E-state index contributed by atoms with van der Waals surface area (Å²) < 4.78 is 5.17. The Bertz CT molecular complexity index is 1120. The normalized spacial score (nSPS) is 13.7. The molecule has 6 nitrogen and oxygen atoms in total. The third-order valence-corrected chi connectivity index (χ3v) is 5.46. The van der Waals surface area contributed by atoms with Gasteiger partial charge in [-0.15, -0.1) is 0 Å². The molecule has 1 saturated carbocycles. The van der Waals surface area contributed by atoms with Crippen molar-refractivity contribution < 1.29 is 14.3 Å². The zero-order valence-corrected chi connectivity index (χ0v) is 18.4. The molecule has 7 heteroatoms. The van der Waals surface area contributed by atoms with E-state index in [0.717, 1.165) is 18.4 Å². The van der Waals surface area contributed by atoms with Gasteiger partial charge in [0.2, 0.25) is 0 Å². The first-order valence-corrected chi connectivity index (χ1v) is 10.8. The first-order chi connectivity index (χ1) is 15.5. The van der Waals surface area contributed by atoms with Crippen LogP contribution in [0.2, 0.25) is 5.02 Å². The Hall–Kier alpha value is -3.51. The highest BCUT2D eigenvalue weighted by Gasteiger charge is 2.24. The van der Waals surface area contributed by atoms with Crippen LogP contribution in [0.1, 0.15) is 34.8 Å². The molecule has 1 fully saturated rings. The molecule has 164 valence electrons. The summed E-state index contributed by atoms with van der Waals surface area (Å²) >= 11 is 6.20. The largest absolute Gasteiger partial charge is 0.495 e. The number of carbonyl (C=O) groups is 2. The average Bonchev–Trinajstić information content (AvgIpc) is 3.62. The van der Waals surface area contributed by atoms with Crippen LogP contribution in [0.25, 0.3) is 0 Å². The maximum atomic E-state index is 13.2. The molecule has 0 heterocycles. The van der Waals surface area contributed by atoms with Crippen LogP contribution >= 0.6 is 11.6 Å². The Morgan fingerprint density at radius 3 is 2.44 bits per heavy atom. The number of methoxy groups -OCH3 is 1. The molecule has 0 saturated heterocycles. The van der Waals surface area contributed by atoms with Gasteiger partial charge in [0.05, 0.1) is 12.1 Å². The lowest BCUT2D eigenvalue weighted by Crippen LogP contribution is -2.28.